The van der Waals surface area contributed by atoms with Gasteiger partial charge in [-0.2, -0.15) is 4.98 Å². The zero-order valence-electron chi connectivity index (χ0n) is 13.7. The van der Waals surface area contributed by atoms with Crippen LogP contribution in [0.25, 0.3) is 10.9 Å². The highest BCUT2D eigenvalue weighted by atomic mass is 35.5. The van der Waals surface area contributed by atoms with Crippen molar-refractivity contribution in [3.63, 3.8) is 0 Å². The fourth-order valence-electron chi connectivity index (χ4n) is 3.19. The van der Waals surface area contributed by atoms with Crippen LogP contribution in [0.3, 0.4) is 0 Å². The molecule has 0 spiro atoms. The summed E-state index contributed by atoms with van der Waals surface area (Å²) in [7, 11) is 0. The van der Waals surface area contributed by atoms with Crippen molar-refractivity contribution >= 4 is 40.0 Å². The topological polar surface area (TPSA) is 61.3 Å². The summed E-state index contributed by atoms with van der Waals surface area (Å²) in [6.07, 6.45) is 3.62. The van der Waals surface area contributed by atoms with Crippen LogP contribution in [0.4, 0.5) is 17.5 Å². The highest BCUT2D eigenvalue weighted by Crippen LogP contribution is 2.31. The number of anilines is 3. The molecule has 4 rings (SSSR count). The average Bonchev–Trinajstić information content (AvgIpc) is 2.65. The van der Waals surface area contributed by atoms with E-state index in [0.29, 0.717) is 16.7 Å². The predicted molar refractivity (Wildman–Crippen MR) is 102 cm³/mol. The molecule has 1 aromatic heterocycles. The van der Waals surface area contributed by atoms with E-state index in [9.17, 15) is 5.11 Å². The number of nitrogens with one attached hydrogen (secondary N) is 1. The molecule has 2 aromatic carbocycles. The molecule has 128 valence electrons. The van der Waals surface area contributed by atoms with Crippen molar-refractivity contribution in [2.75, 3.05) is 23.3 Å². The molecular formula is C19H19ClN4O. The van der Waals surface area contributed by atoms with Gasteiger partial charge >= 0.3 is 0 Å². The summed E-state index contributed by atoms with van der Waals surface area (Å²) < 4.78 is 0. The van der Waals surface area contributed by atoms with Crippen LogP contribution in [-0.2, 0) is 0 Å². The third kappa shape index (κ3) is 3.33. The minimum absolute atomic E-state index is 0.112. The molecule has 1 aliphatic heterocycles. The molecule has 1 aliphatic rings. The molecule has 0 atom stereocenters. The molecule has 0 radical (unpaired) electrons. The summed E-state index contributed by atoms with van der Waals surface area (Å²) in [5, 5.41) is 14.7. The van der Waals surface area contributed by atoms with Gasteiger partial charge in [-0.25, -0.2) is 4.98 Å². The third-order valence-corrected chi connectivity index (χ3v) is 4.68. The molecule has 6 heteroatoms. The van der Waals surface area contributed by atoms with Gasteiger partial charge in [0.1, 0.15) is 11.6 Å². The number of rotatable bonds is 3. The Bertz CT molecular complexity index is 909. The molecule has 25 heavy (non-hydrogen) atoms. The van der Waals surface area contributed by atoms with E-state index >= 15 is 0 Å². The summed E-state index contributed by atoms with van der Waals surface area (Å²) in [6, 6.07) is 12.9. The van der Waals surface area contributed by atoms with Gasteiger partial charge in [0.15, 0.2) is 0 Å². The van der Waals surface area contributed by atoms with Crippen LogP contribution in [0, 0.1) is 0 Å². The zero-order valence-corrected chi connectivity index (χ0v) is 14.5. The van der Waals surface area contributed by atoms with Crippen LogP contribution >= 0.6 is 11.6 Å². The van der Waals surface area contributed by atoms with E-state index in [2.05, 4.69) is 21.3 Å². The van der Waals surface area contributed by atoms with E-state index < -0.39 is 0 Å². The summed E-state index contributed by atoms with van der Waals surface area (Å²) >= 11 is 6.03. The second kappa shape index (κ2) is 6.76. The molecule has 5 nitrogen and oxygen atoms in total. The largest absolute Gasteiger partial charge is 0.506 e. The molecule has 0 bridgehead atoms. The van der Waals surface area contributed by atoms with Crippen LogP contribution in [-0.4, -0.2) is 28.2 Å². The van der Waals surface area contributed by atoms with E-state index in [1.165, 1.54) is 19.3 Å². The molecular weight excluding hydrogens is 336 g/mol. The lowest BCUT2D eigenvalue weighted by molar-refractivity contribution is 0.477. The fourth-order valence-corrected chi connectivity index (χ4v) is 3.36. The number of fused-ring (bicyclic) bond motifs is 1. The van der Waals surface area contributed by atoms with Gasteiger partial charge < -0.3 is 15.3 Å². The first-order chi connectivity index (χ1) is 12.2. The van der Waals surface area contributed by atoms with Crippen LogP contribution in [0.1, 0.15) is 19.3 Å². The Labute approximate surface area is 151 Å². The first-order valence-corrected chi connectivity index (χ1v) is 8.86. The van der Waals surface area contributed by atoms with Gasteiger partial charge in [-0.1, -0.05) is 23.7 Å². The van der Waals surface area contributed by atoms with Gasteiger partial charge in [0.2, 0.25) is 5.95 Å². The van der Waals surface area contributed by atoms with Crippen LogP contribution < -0.4 is 10.2 Å². The smallest absolute Gasteiger partial charge is 0.229 e. The van der Waals surface area contributed by atoms with E-state index in [4.69, 9.17) is 16.6 Å². The van der Waals surface area contributed by atoms with Gasteiger partial charge in [0.05, 0.1) is 11.2 Å². The Hall–Kier alpha value is -2.53. The van der Waals surface area contributed by atoms with Crippen molar-refractivity contribution < 1.29 is 5.11 Å². The number of piperidine rings is 1. The number of phenolic OH excluding ortho intramolecular Hbond substituents is 1. The highest BCUT2D eigenvalue weighted by molar-refractivity contribution is 6.31. The Morgan fingerprint density at radius 2 is 1.80 bits per heavy atom. The summed E-state index contributed by atoms with van der Waals surface area (Å²) in [4.78, 5) is 11.6. The zero-order chi connectivity index (χ0) is 17.2. The minimum Gasteiger partial charge on any atom is -0.506 e. The van der Waals surface area contributed by atoms with Crippen LogP contribution in [0.15, 0.2) is 42.5 Å². The number of halogens is 1. The number of para-hydroxylation sites is 1. The molecule has 0 unspecified atom stereocenters. The number of benzene rings is 2. The maximum absolute atomic E-state index is 10.0. The van der Waals surface area contributed by atoms with E-state index in [0.717, 1.165) is 29.8 Å². The van der Waals surface area contributed by atoms with Crippen molar-refractivity contribution in [2.24, 2.45) is 0 Å². The lowest BCUT2D eigenvalue weighted by atomic mass is 10.1. The number of phenols is 1. The van der Waals surface area contributed by atoms with E-state index in [1.54, 1.807) is 18.2 Å². The second-order valence-corrected chi connectivity index (χ2v) is 6.66. The Morgan fingerprint density at radius 3 is 2.64 bits per heavy atom. The Kier molecular flexibility index (Phi) is 4.32. The molecule has 0 amide bonds. The summed E-state index contributed by atoms with van der Waals surface area (Å²) in [5.41, 5.74) is 1.37. The van der Waals surface area contributed by atoms with Gasteiger partial charge in [0, 0.05) is 23.5 Å². The second-order valence-electron chi connectivity index (χ2n) is 6.22. The molecule has 0 aliphatic carbocycles. The lowest BCUT2D eigenvalue weighted by Crippen LogP contribution is -2.30. The molecule has 2 N–H and O–H groups in total. The molecule has 3 aromatic rings. The molecule has 2 heterocycles. The highest BCUT2D eigenvalue weighted by Gasteiger charge is 2.17. The lowest BCUT2D eigenvalue weighted by Gasteiger charge is -2.29. The fraction of sp³-hybridized carbons (Fsp3) is 0.263. The average molecular weight is 355 g/mol. The predicted octanol–water partition coefficient (Wildman–Crippen LogP) is 4.72. The molecule has 0 saturated carbocycles. The van der Waals surface area contributed by atoms with Crippen molar-refractivity contribution in [3.05, 3.63) is 47.5 Å². The van der Waals surface area contributed by atoms with Crippen LogP contribution in [0.2, 0.25) is 5.02 Å². The number of aromatic hydroxyl groups is 1. The number of hydrogen-bond donors (Lipinski definition) is 2. The summed E-state index contributed by atoms with van der Waals surface area (Å²) in [6.45, 7) is 2.01. The monoisotopic (exact) mass is 354 g/mol. The number of aromatic nitrogens is 2. The van der Waals surface area contributed by atoms with Gasteiger partial charge in [-0.3, -0.25) is 0 Å². The Balaban J connectivity index is 1.77. The maximum Gasteiger partial charge on any atom is 0.229 e. The van der Waals surface area contributed by atoms with Gasteiger partial charge in [-0.15, -0.1) is 0 Å². The SMILES string of the molecule is Oc1ccc(Cl)cc1Nc1nc(N2CCCCC2)c2ccccc2n1. The summed E-state index contributed by atoms with van der Waals surface area (Å²) in [5.74, 6) is 1.51. The Morgan fingerprint density at radius 1 is 1.00 bits per heavy atom. The van der Waals surface area contributed by atoms with E-state index in [-0.39, 0.29) is 5.75 Å². The van der Waals surface area contributed by atoms with Gasteiger partial charge in [-0.05, 0) is 49.6 Å². The first kappa shape index (κ1) is 16.0. The molecule has 1 fully saturated rings. The van der Waals surface area contributed by atoms with Crippen LogP contribution in [0.5, 0.6) is 5.75 Å². The minimum atomic E-state index is 0.112. The quantitative estimate of drug-likeness (QED) is 0.666. The van der Waals surface area contributed by atoms with Gasteiger partial charge in [0.25, 0.3) is 0 Å². The van der Waals surface area contributed by atoms with Crippen molar-refractivity contribution in [1.29, 1.82) is 0 Å². The van der Waals surface area contributed by atoms with Crippen molar-refractivity contribution in [1.82, 2.24) is 9.97 Å². The molecule has 1 saturated heterocycles. The normalized spacial score (nSPS) is 14.7. The standard InChI is InChI=1S/C19H19ClN4O/c20-13-8-9-17(25)16(12-13)22-19-21-15-7-3-2-6-14(15)18(23-19)24-10-4-1-5-11-24/h2-3,6-9,12,25H,1,4-5,10-11H2,(H,21,22,23). The number of hydrogen-bond acceptors (Lipinski definition) is 5. The van der Waals surface area contributed by atoms with Crippen molar-refractivity contribution in [2.45, 2.75) is 19.3 Å². The van der Waals surface area contributed by atoms with Crippen molar-refractivity contribution in [3.8, 4) is 5.75 Å². The number of nitrogens with zero attached hydrogens (tertiary/aromatic N) is 3. The maximum atomic E-state index is 10.0. The third-order valence-electron chi connectivity index (χ3n) is 4.44. The van der Waals surface area contributed by atoms with E-state index in [1.807, 2.05) is 18.2 Å². The first-order valence-electron chi connectivity index (χ1n) is 8.48.